The first-order valence-electron chi connectivity index (χ1n) is 2.69. The number of carbonyl (C=O) groups is 1. The molecule has 4 N–H and O–H groups in total. The van der Waals surface area contributed by atoms with E-state index in [9.17, 15) is 4.79 Å². The molecule has 0 aromatic carbocycles. The highest BCUT2D eigenvalue weighted by atomic mass is 16.4. The minimum absolute atomic E-state index is 0.305. The van der Waals surface area contributed by atoms with Crippen LogP contribution in [0.5, 0.6) is 0 Å². The van der Waals surface area contributed by atoms with Crippen LogP contribution in [0.2, 0.25) is 0 Å². The van der Waals surface area contributed by atoms with Crippen molar-refractivity contribution in [3.8, 4) is 0 Å². The highest BCUT2D eigenvalue weighted by Gasteiger charge is 2.16. The zero-order valence-electron chi connectivity index (χ0n) is 5.64. The number of rotatable bonds is 2. The number of carboxylic acid groups (broad SMARTS) is 1. The van der Waals surface area contributed by atoms with Crippen molar-refractivity contribution in [1.82, 2.24) is 5.32 Å². The molecule has 0 aliphatic rings. The van der Waals surface area contributed by atoms with Crippen LogP contribution in [0.4, 0.5) is 4.79 Å². The first kappa shape index (κ1) is 8.23. The second-order valence-electron chi connectivity index (χ2n) is 2.52. The van der Waals surface area contributed by atoms with Gasteiger partial charge in [-0.05, 0) is 13.8 Å². The lowest BCUT2D eigenvalue weighted by Crippen LogP contribution is -2.48. The molecule has 0 saturated carbocycles. The summed E-state index contributed by atoms with van der Waals surface area (Å²) in [4.78, 5) is 10.0. The molecule has 4 nitrogen and oxygen atoms in total. The fourth-order valence-electron chi connectivity index (χ4n) is 0.341. The summed E-state index contributed by atoms with van der Waals surface area (Å²) < 4.78 is 0. The Balaban J connectivity index is 3.71. The predicted octanol–water partition coefficient (Wildman–Crippen LogP) is -0.00870. The topological polar surface area (TPSA) is 75.3 Å². The highest BCUT2D eigenvalue weighted by molar-refractivity contribution is 5.65. The minimum atomic E-state index is -1.04. The molecule has 0 spiro atoms. The Morgan fingerprint density at radius 3 is 2.33 bits per heavy atom. The summed E-state index contributed by atoms with van der Waals surface area (Å²) in [7, 11) is 0. The molecule has 0 rings (SSSR count). The Kier molecular flexibility index (Phi) is 2.45. The Labute approximate surface area is 54.0 Å². The van der Waals surface area contributed by atoms with Gasteiger partial charge < -0.3 is 16.2 Å². The van der Waals surface area contributed by atoms with E-state index in [0.29, 0.717) is 6.54 Å². The first-order valence-corrected chi connectivity index (χ1v) is 2.69. The van der Waals surface area contributed by atoms with Crippen LogP contribution in [-0.4, -0.2) is 23.3 Å². The second kappa shape index (κ2) is 2.68. The van der Waals surface area contributed by atoms with Crippen LogP contribution in [0.3, 0.4) is 0 Å². The Bertz CT molecular complexity index is 112. The molecule has 9 heavy (non-hydrogen) atoms. The number of nitrogens with two attached hydrogens (primary N) is 1. The number of nitrogens with one attached hydrogen (secondary N) is 1. The maximum atomic E-state index is 10.0. The van der Waals surface area contributed by atoms with E-state index >= 15 is 0 Å². The van der Waals surface area contributed by atoms with Gasteiger partial charge in [-0.1, -0.05) is 0 Å². The molecule has 0 atom stereocenters. The van der Waals surface area contributed by atoms with Gasteiger partial charge in [-0.25, -0.2) is 4.79 Å². The summed E-state index contributed by atoms with van der Waals surface area (Å²) in [5.74, 6) is 0. The zero-order valence-corrected chi connectivity index (χ0v) is 5.64. The Morgan fingerprint density at radius 1 is 1.78 bits per heavy atom. The highest BCUT2D eigenvalue weighted by Crippen LogP contribution is 1.96. The van der Waals surface area contributed by atoms with Crippen molar-refractivity contribution in [1.29, 1.82) is 0 Å². The van der Waals surface area contributed by atoms with E-state index in [2.05, 4.69) is 5.32 Å². The van der Waals surface area contributed by atoms with Crippen LogP contribution in [0, 0.1) is 0 Å². The lowest BCUT2D eigenvalue weighted by atomic mass is 10.1. The first-order chi connectivity index (χ1) is 3.98. The van der Waals surface area contributed by atoms with Crippen molar-refractivity contribution in [2.45, 2.75) is 19.4 Å². The molecule has 0 bridgehead atoms. The molecule has 0 fully saturated rings. The smallest absolute Gasteiger partial charge is 0.405 e. The molecule has 0 aliphatic heterocycles. The van der Waals surface area contributed by atoms with Crippen molar-refractivity contribution in [2.75, 3.05) is 6.54 Å². The summed E-state index contributed by atoms with van der Waals surface area (Å²) in [6.45, 7) is 3.75. The third-order valence-electron chi connectivity index (χ3n) is 0.956. The average Bonchev–Trinajstić information content (AvgIpc) is 1.63. The maximum absolute atomic E-state index is 10.0. The SMILES string of the molecule is CC(C)(CN)NC(=O)O. The number of amides is 1. The van der Waals surface area contributed by atoms with Crippen LogP contribution < -0.4 is 11.1 Å². The van der Waals surface area contributed by atoms with Gasteiger partial charge >= 0.3 is 6.09 Å². The molecule has 4 heteroatoms. The largest absolute Gasteiger partial charge is 0.465 e. The molecule has 0 saturated heterocycles. The molecule has 0 heterocycles. The number of hydrogen-bond donors (Lipinski definition) is 3. The molecular weight excluding hydrogens is 120 g/mol. The molecule has 0 aromatic heterocycles. The monoisotopic (exact) mass is 132 g/mol. The Hall–Kier alpha value is -0.770. The summed E-state index contributed by atoms with van der Waals surface area (Å²) in [5.41, 5.74) is 4.72. The van der Waals surface area contributed by atoms with Gasteiger partial charge in [0.05, 0.1) is 0 Å². The molecule has 0 aromatic rings. The Morgan fingerprint density at radius 2 is 2.22 bits per heavy atom. The zero-order chi connectivity index (χ0) is 7.49. The quantitative estimate of drug-likeness (QED) is 0.494. The van der Waals surface area contributed by atoms with Gasteiger partial charge in [0, 0.05) is 12.1 Å². The molecule has 54 valence electrons. The van der Waals surface area contributed by atoms with E-state index in [-0.39, 0.29) is 0 Å². The van der Waals surface area contributed by atoms with Gasteiger partial charge in [0.15, 0.2) is 0 Å². The van der Waals surface area contributed by atoms with Gasteiger partial charge in [0.2, 0.25) is 0 Å². The third kappa shape index (κ3) is 3.78. The van der Waals surface area contributed by atoms with Crippen LogP contribution in [0.1, 0.15) is 13.8 Å². The van der Waals surface area contributed by atoms with E-state index < -0.39 is 11.6 Å². The normalized spacial score (nSPS) is 11.0. The fraction of sp³-hybridized carbons (Fsp3) is 0.800. The predicted molar refractivity (Wildman–Crippen MR) is 34.3 cm³/mol. The van der Waals surface area contributed by atoms with Crippen LogP contribution >= 0.6 is 0 Å². The summed E-state index contributed by atoms with van der Waals surface area (Å²) in [5, 5.41) is 10.5. The lowest BCUT2D eigenvalue weighted by Gasteiger charge is -2.21. The molecule has 0 radical (unpaired) electrons. The van der Waals surface area contributed by atoms with E-state index in [0.717, 1.165) is 0 Å². The standard InChI is InChI=1S/C5H12N2O2/c1-5(2,3-6)7-4(8)9/h7H,3,6H2,1-2H3,(H,8,9). The average molecular weight is 132 g/mol. The van der Waals surface area contributed by atoms with E-state index in [1.54, 1.807) is 13.8 Å². The molecule has 0 aliphatic carbocycles. The second-order valence-corrected chi connectivity index (χ2v) is 2.52. The molecular formula is C5H12N2O2. The summed E-state index contributed by atoms with van der Waals surface area (Å²) in [6, 6.07) is 0. The van der Waals surface area contributed by atoms with Crippen molar-refractivity contribution in [3.05, 3.63) is 0 Å². The van der Waals surface area contributed by atoms with Gasteiger partial charge in [-0.2, -0.15) is 0 Å². The van der Waals surface area contributed by atoms with Crippen molar-refractivity contribution >= 4 is 6.09 Å². The maximum Gasteiger partial charge on any atom is 0.405 e. The van der Waals surface area contributed by atoms with Crippen molar-refractivity contribution in [3.63, 3.8) is 0 Å². The van der Waals surface area contributed by atoms with Crippen LogP contribution in [-0.2, 0) is 0 Å². The lowest BCUT2D eigenvalue weighted by molar-refractivity contribution is 0.183. The van der Waals surface area contributed by atoms with Crippen LogP contribution in [0.25, 0.3) is 0 Å². The van der Waals surface area contributed by atoms with Gasteiger partial charge in [-0.3, -0.25) is 0 Å². The van der Waals surface area contributed by atoms with Crippen molar-refractivity contribution < 1.29 is 9.90 Å². The summed E-state index contributed by atoms with van der Waals surface area (Å²) >= 11 is 0. The van der Waals surface area contributed by atoms with Gasteiger partial charge in [0.1, 0.15) is 0 Å². The van der Waals surface area contributed by atoms with E-state index in [4.69, 9.17) is 10.8 Å². The molecule has 0 unspecified atom stereocenters. The van der Waals surface area contributed by atoms with Gasteiger partial charge in [0.25, 0.3) is 0 Å². The fourth-order valence-corrected chi connectivity index (χ4v) is 0.341. The third-order valence-corrected chi connectivity index (χ3v) is 0.956. The number of hydrogen-bond acceptors (Lipinski definition) is 2. The van der Waals surface area contributed by atoms with Crippen molar-refractivity contribution in [2.24, 2.45) is 5.73 Å². The molecule has 1 amide bonds. The summed E-state index contributed by atoms with van der Waals surface area (Å²) in [6.07, 6.45) is -1.04. The van der Waals surface area contributed by atoms with E-state index in [1.807, 2.05) is 0 Å². The minimum Gasteiger partial charge on any atom is -0.465 e. The van der Waals surface area contributed by atoms with Crippen LogP contribution in [0.15, 0.2) is 0 Å². The van der Waals surface area contributed by atoms with Gasteiger partial charge in [-0.15, -0.1) is 0 Å². The van der Waals surface area contributed by atoms with E-state index in [1.165, 1.54) is 0 Å².